The van der Waals surface area contributed by atoms with Crippen molar-refractivity contribution in [3.05, 3.63) is 42.5 Å². The molecule has 1 aromatic carbocycles. The highest BCUT2D eigenvalue weighted by molar-refractivity contribution is 5.30. The van der Waals surface area contributed by atoms with E-state index < -0.39 is 18.4 Å². The van der Waals surface area contributed by atoms with Gasteiger partial charge in [-0.05, 0) is 19.1 Å². The minimum absolute atomic E-state index is 0.693. The summed E-state index contributed by atoms with van der Waals surface area (Å²) in [6.45, 7) is 2.85. The smallest absolute Gasteiger partial charge is 0.415 e. The summed E-state index contributed by atoms with van der Waals surface area (Å²) < 4.78 is 36.2. The minimum Gasteiger partial charge on any atom is -0.497 e. The van der Waals surface area contributed by atoms with Crippen molar-refractivity contribution in [1.82, 2.24) is 0 Å². The van der Waals surface area contributed by atoms with Gasteiger partial charge < -0.3 is 14.2 Å². The molecule has 0 N–H and O–H groups in total. The molecule has 1 aliphatic rings. The number of methoxy groups -OCH3 is 2. The summed E-state index contributed by atoms with van der Waals surface area (Å²) in [5, 5.41) is 7.88. The molecule has 1 aliphatic heterocycles. The zero-order valence-electron chi connectivity index (χ0n) is 13.6. The number of rotatable bonds is 6. The van der Waals surface area contributed by atoms with E-state index in [1.165, 1.54) is 7.11 Å². The summed E-state index contributed by atoms with van der Waals surface area (Å²) in [6.07, 6.45) is -0.984. The summed E-state index contributed by atoms with van der Waals surface area (Å²) in [6, 6.07) is 7.06. The highest BCUT2D eigenvalue weighted by Crippen LogP contribution is 2.40. The lowest BCUT2D eigenvalue weighted by Crippen LogP contribution is -2.38. The summed E-state index contributed by atoms with van der Waals surface area (Å²) >= 11 is 0. The van der Waals surface area contributed by atoms with Gasteiger partial charge in [0.25, 0.3) is 0 Å². The van der Waals surface area contributed by atoms with Gasteiger partial charge in [0.1, 0.15) is 5.75 Å². The topological polar surface area (TPSA) is 61.6 Å². The maximum absolute atomic E-state index is 7.60. The zero-order valence-corrected chi connectivity index (χ0v) is 11.6. The SMILES string of the molecule is [2H]C([2H])(C=C)OC1(OC)N=NC(C)(c2ccc(OC)cc2)O1. The van der Waals surface area contributed by atoms with Crippen LogP contribution in [0.15, 0.2) is 47.1 Å². The van der Waals surface area contributed by atoms with Crippen molar-refractivity contribution in [2.75, 3.05) is 20.8 Å². The lowest BCUT2D eigenvalue weighted by atomic mass is 10.1. The Kier molecular flexibility index (Phi) is 3.43. The fraction of sp³-hybridized carbons (Fsp3) is 0.429. The third kappa shape index (κ3) is 2.72. The van der Waals surface area contributed by atoms with E-state index in [0.29, 0.717) is 11.3 Å². The van der Waals surface area contributed by atoms with Crippen LogP contribution >= 0.6 is 0 Å². The Morgan fingerprint density at radius 3 is 2.60 bits per heavy atom. The van der Waals surface area contributed by atoms with Gasteiger partial charge in [0.05, 0.1) is 16.4 Å². The largest absolute Gasteiger partial charge is 0.497 e. The van der Waals surface area contributed by atoms with E-state index >= 15 is 0 Å². The third-order valence-electron chi connectivity index (χ3n) is 2.85. The average Bonchev–Trinajstić information content (AvgIpc) is 2.86. The van der Waals surface area contributed by atoms with E-state index in [0.717, 1.165) is 6.08 Å². The number of hydrogen-bond acceptors (Lipinski definition) is 6. The van der Waals surface area contributed by atoms with E-state index in [-0.39, 0.29) is 0 Å². The van der Waals surface area contributed by atoms with E-state index in [9.17, 15) is 0 Å². The van der Waals surface area contributed by atoms with Crippen LogP contribution in [0.4, 0.5) is 0 Å². The molecule has 108 valence electrons. The van der Waals surface area contributed by atoms with Crippen LogP contribution in [0.1, 0.15) is 15.2 Å². The molecule has 0 aliphatic carbocycles. The van der Waals surface area contributed by atoms with E-state index in [1.54, 1.807) is 38.3 Å². The Bertz CT molecular complexity index is 579. The number of azo groups is 1. The van der Waals surface area contributed by atoms with Crippen molar-refractivity contribution in [1.29, 1.82) is 0 Å². The second-order valence-electron chi connectivity index (χ2n) is 4.17. The van der Waals surface area contributed by atoms with Crippen molar-refractivity contribution in [3.8, 4) is 5.75 Å². The summed E-state index contributed by atoms with van der Waals surface area (Å²) in [5.74, 6) is 0.694. The predicted octanol–water partition coefficient (Wildman–Crippen LogP) is 2.81. The molecule has 6 heteroatoms. The highest BCUT2D eigenvalue weighted by atomic mass is 16.9. The van der Waals surface area contributed by atoms with Crippen molar-refractivity contribution < 1.29 is 21.7 Å². The minimum atomic E-state index is -2.18. The lowest BCUT2D eigenvalue weighted by molar-refractivity contribution is -0.377. The van der Waals surface area contributed by atoms with Gasteiger partial charge in [-0.15, -0.1) is 11.7 Å². The van der Waals surface area contributed by atoms with Gasteiger partial charge in [-0.25, -0.2) is 0 Å². The molecule has 2 rings (SSSR count). The first kappa shape index (κ1) is 12.0. The van der Waals surface area contributed by atoms with E-state index in [1.807, 2.05) is 0 Å². The monoisotopic (exact) mass is 280 g/mol. The molecule has 0 bridgehead atoms. The Labute approximate surface area is 120 Å². The molecular formula is C14H18N2O4. The molecule has 2 unspecified atom stereocenters. The fourth-order valence-electron chi connectivity index (χ4n) is 1.75. The molecule has 0 amide bonds. The fourth-order valence-corrected chi connectivity index (χ4v) is 1.75. The van der Waals surface area contributed by atoms with E-state index in [2.05, 4.69) is 16.8 Å². The molecule has 20 heavy (non-hydrogen) atoms. The van der Waals surface area contributed by atoms with Crippen molar-refractivity contribution in [2.24, 2.45) is 10.2 Å². The number of ether oxygens (including phenoxy) is 4. The van der Waals surface area contributed by atoms with Crippen LogP contribution in [0.25, 0.3) is 0 Å². The lowest BCUT2D eigenvalue weighted by Gasteiger charge is -2.27. The molecule has 0 saturated heterocycles. The Hall–Kier alpha value is -1.76. The zero-order chi connectivity index (χ0) is 16.4. The van der Waals surface area contributed by atoms with Gasteiger partial charge in [0, 0.05) is 12.7 Å². The molecule has 0 saturated carbocycles. The molecule has 0 radical (unpaired) electrons. The van der Waals surface area contributed by atoms with Gasteiger partial charge in [-0.3, -0.25) is 4.74 Å². The van der Waals surface area contributed by atoms with Crippen LogP contribution in [-0.2, 0) is 19.9 Å². The van der Waals surface area contributed by atoms with Crippen molar-refractivity contribution in [3.63, 3.8) is 0 Å². The highest BCUT2D eigenvalue weighted by Gasteiger charge is 2.48. The van der Waals surface area contributed by atoms with Gasteiger partial charge in [-0.2, -0.15) is 0 Å². The molecule has 1 heterocycles. The van der Waals surface area contributed by atoms with E-state index in [4.69, 9.17) is 21.7 Å². The Morgan fingerprint density at radius 2 is 2.05 bits per heavy atom. The van der Waals surface area contributed by atoms with Crippen molar-refractivity contribution in [2.45, 2.75) is 18.7 Å². The summed E-state index contributed by atoms with van der Waals surface area (Å²) in [5.41, 5.74) is -0.474. The third-order valence-corrected chi connectivity index (χ3v) is 2.85. The molecule has 0 fully saturated rings. The van der Waals surface area contributed by atoms with Crippen LogP contribution < -0.4 is 4.74 Å². The molecule has 0 spiro atoms. The second-order valence-corrected chi connectivity index (χ2v) is 4.17. The first-order valence-corrected chi connectivity index (χ1v) is 5.96. The summed E-state index contributed by atoms with van der Waals surface area (Å²) in [4.78, 5) is 0. The standard InChI is InChI=1S/C14H18N2O4/c1-5-10-19-14(18-4)16-15-13(2,20-14)11-6-8-12(17-3)9-7-11/h5-9H,1,10H2,2-4H3/i10D2. The van der Waals surface area contributed by atoms with Gasteiger partial charge in [0.15, 0.2) is 0 Å². The molecule has 1 aromatic rings. The normalized spacial score (nSPS) is 30.8. The maximum atomic E-state index is 7.60. The number of benzene rings is 1. The molecule has 2 atom stereocenters. The van der Waals surface area contributed by atoms with Crippen LogP contribution in [0, 0.1) is 0 Å². The Morgan fingerprint density at radius 1 is 1.35 bits per heavy atom. The maximum Gasteiger partial charge on any atom is 0.415 e. The number of hydrogen-bond donors (Lipinski definition) is 0. The van der Waals surface area contributed by atoms with Crippen LogP contribution in [0.3, 0.4) is 0 Å². The molecule has 0 aromatic heterocycles. The quantitative estimate of drug-likeness (QED) is 0.594. The summed E-state index contributed by atoms with van der Waals surface area (Å²) in [7, 11) is 2.86. The van der Waals surface area contributed by atoms with Crippen LogP contribution in [-0.4, -0.2) is 26.9 Å². The average molecular weight is 280 g/mol. The number of nitrogens with zero attached hydrogens (tertiary/aromatic N) is 2. The first-order valence-electron chi connectivity index (χ1n) is 6.96. The van der Waals surface area contributed by atoms with Gasteiger partial charge >= 0.3 is 6.10 Å². The van der Waals surface area contributed by atoms with Crippen LogP contribution in [0.2, 0.25) is 0 Å². The van der Waals surface area contributed by atoms with Gasteiger partial charge in [0.2, 0.25) is 5.72 Å². The predicted molar refractivity (Wildman–Crippen MR) is 72.2 cm³/mol. The van der Waals surface area contributed by atoms with Crippen LogP contribution in [0.5, 0.6) is 5.75 Å². The van der Waals surface area contributed by atoms with Gasteiger partial charge in [-0.1, -0.05) is 23.3 Å². The second kappa shape index (κ2) is 5.70. The van der Waals surface area contributed by atoms with Crippen molar-refractivity contribution >= 4 is 0 Å². The Balaban J connectivity index is 2.25. The first-order chi connectivity index (χ1) is 10.3. The molecular weight excluding hydrogens is 260 g/mol. The molecule has 6 nitrogen and oxygen atoms in total.